The summed E-state index contributed by atoms with van der Waals surface area (Å²) in [5, 5.41) is 5.27. The molecule has 0 aliphatic heterocycles. The van der Waals surface area contributed by atoms with E-state index in [9.17, 15) is 9.59 Å². The molecule has 0 spiro atoms. The summed E-state index contributed by atoms with van der Waals surface area (Å²) in [6.07, 6.45) is 1.67. The van der Waals surface area contributed by atoms with Gasteiger partial charge in [-0.25, -0.2) is 9.78 Å². The zero-order chi connectivity index (χ0) is 20.4. The highest BCUT2D eigenvalue weighted by atomic mass is 16.5. The first kappa shape index (κ1) is 18.9. The van der Waals surface area contributed by atoms with Crippen LogP contribution >= 0.6 is 0 Å². The van der Waals surface area contributed by atoms with Crippen LogP contribution in [0.25, 0.3) is 16.6 Å². The van der Waals surface area contributed by atoms with E-state index in [4.69, 9.17) is 4.74 Å². The van der Waals surface area contributed by atoms with E-state index >= 15 is 0 Å². The highest BCUT2D eigenvalue weighted by Crippen LogP contribution is 2.17. The van der Waals surface area contributed by atoms with Crippen LogP contribution in [0, 0.1) is 0 Å². The number of rotatable bonds is 7. The molecule has 0 saturated heterocycles. The number of H-pyrrole nitrogens is 1. The van der Waals surface area contributed by atoms with Crippen molar-refractivity contribution in [1.82, 2.24) is 14.2 Å². The second-order valence-corrected chi connectivity index (χ2v) is 6.85. The molecule has 2 aromatic heterocycles. The maximum absolute atomic E-state index is 13.1. The van der Waals surface area contributed by atoms with E-state index in [-0.39, 0.29) is 18.0 Å². The minimum Gasteiger partial charge on any atom is -0.494 e. The van der Waals surface area contributed by atoms with Crippen LogP contribution in [0.5, 0.6) is 5.75 Å². The zero-order valence-electron chi connectivity index (χ0n) is 16.5. The SMILES string of the molecule is CCCc1nn2c(=O)n(CC(=O)c3ccc(OCC)cc3)c3ccccc3c2[nH+]1. The van der Waals surface area contributed by atoms with Gasteiger partial charge in [0.2, 0.25) is 0 Å². The van der Waals surface area contributed by atoms with E-state index in [0.717, 1.165) is 24.1 Å². The number of aromatic nitrogens is 4. The number of benzene rings is 2. The first-order valence-electron chi connectivity index (χ1n) is 9.81. The van der Waals surface area contributed by atoms with E-state index in [1.165, 1.54) is 9.08 Å². The monoisotopic (exact) mass is 391 g/mol. The van der Waals surface area contributed by atoms with Crippen LogP contribution in [0.4, 0.5) is 0 Å². The average Bonchev–Trinajstić information content (AvgIpc) is 3.16. The number of nitrogens with zero attached hydrogens (tertiary/aromatic N) is 3. The molecule has 2 heterocycles. The lowest BCUT2D eigenvalue weighted by molar-refractivity contribution is -0.358. The summed E-state index contributed by atoms with van der Waals surface area (Å²) in [7, 11) is 0. The molecule has 1 N–H and O–H groups in total. The van der Waals surface area contributed by atoms with Gasteiger partial charge in [-0.1, -0.05) is 19.1 Å². The van der Waals surface area contributed by atoms with Gasteiger partial charge in [-0.05, 0) is 54.3 Å². The molecule has 29 heavy (non-hydrogen) atoms. The number of aromatic amines is 1. The molecule has 0 fully saturated rings. The van der Waals surface area contributed by atoms with Crippen molar-refractivity contribution in [3.05, 3.63) is 70.4 Å². The van der Waals surface area contributed by atoms with Crippen LogP contribution in [0.3, 0.4) is 0 Å². The molecule has 0 aliphatic rings. The average molecular weight is 391 g/mol. The number of para-hydroxylation sites is 1. The lowest BCUT2D eigenvalue weighted by atomic mass is 10.1. The van der Waals surface area contributed by atoms with Crippen molar-refractivity contribution in [2.24, 2.45) is 0 Å². The van der Waals surface area contributed by atoms with Crippen LogP contribution in [-0.4, -0.2) is 26.6 Å². The Bertz CT molecular complexity index is 1240. The van der Waals surface area contributed by atoms with Crippen molar-refractivity contribution in [3.8, 4) is 5.75 Å². The molecule has 0 amide bonds. The zero-order valence-corrected chi connectivity index (χ0v) is 16.5. The maximum Gasteiger partial charge on any atom is 0.423 e. The highest BCUT2D eigenvalue weighted by Gasteiger charge is 2.22. The number of Topliss-reactive ketones (excluding diaryl/α,β-unsaturated/α-hetero) is 1. The second-order valence-electron chi connectivity index (χ2n) is 6.85. The number of fused-ring (bicyclic) bond motifs is 3. The van der Waals surface area contributed by atoms with Gasteiger partial charge in [0.25, 0.3) is 11.5 Å². The molecular weight excluding hydrogens is 368 g/mol. The van der Waals surface area contributed by atoms with Gasteiger partial charge >= 0.3 is 5.69 Å². The predicted molar refractivity (Wildman–Crippen MR) is 109 cm³/mol. The summed E-state index contributed by atoms with van der Waals surface area (Å²) in [4.78, 5) is 29.3. The van der Waals surface area contributed by atoms with Crippen LogP contribution in [0.2, 0.25) is 0 Å². The topological polar surface area (TPSA) is 79.7 Å². The maximum atomic E-state index is 13.1. The minimum absolute atomic E-state index is 0.0633. The van der Waals surface area contributed by atoms with Crippen LogP contribution in [0.1, 0.15) is 36.5 Å². The lowest BCUT2D eigenvalue weighted by Crippen LogP contribution is -2.31. The van der Waals surface area contributed by atoms with Crippen molar-refractivity contribution < 1.29 is 14.5 Å². The van der Waals surface area contributed by atoms with Crippen LogP contribution in [-0.2, 0) is 13.0 Å². The summed E-state index contributed by atoms with van der Waals surface area (Å²) < 4.78 is 8.27. The molecule has 0 atom stereocenters. The predicted octanol–water partition coefficient (Wildman–Crippen LogP) is 2.70. The number of nitrogens with one attached hydrogen (secondary N) is 1. The Balaban J connectivity index is 1.78. The number of ether oxygens (including phenoxy) is 1. The lowest BCUT2D eigenvalue weighted by Gasteiger charge is -2.08. The molecule has 4 rings (SSSR count). The fraction of sp³-hybridized carbons (Fsp3) is 0.273. The van der Waals surface area contributed by atoms with Crippen molar-refractivity contribution >= 4 is 22.3 Å². The molecule has 0 saturated carbocycles. The number of carbonyl (C=O) groups is 1. The third kappa shape index (κ3) is 3.51. The van der Waals surface area contributed by atoms with Crippen molar-refractivity contribution in [2.45, 2.75) is 33.2 Å². The summed E-state index contributed by atoms with van der Waals surface area (Å²) in [5.41, 5.74) is 1.54. The minimum atomic E-state index is -0.336. The van der Waals surface area contributed by atoms with Gasteiger partial charge in [0, 0.05) is 12.0 Å². The third-order valence-corrected chi connectivity index (χ3v) is 4.83. The Morgan fingerprint density at radius 1 is 1.10 bits per heavy atom. The highest BCUT2D eigenvalue weighted by molar-refractivity contribution is 5.97. The second kappa shape index (κ2) is 7.87. The molecular formula is C22H23N4O3+. The summed E-state index contributed by atoms with van der Waals surface area (Å²) >= 11 is 0. The first-order valence-corrected chi connectivity index (χ1v) is 9.81. The van der Waals surface area contributed by atoms with Crippen molar-refractivity contribution in [2.75, 3.05) is 6.61 Å². The van der Waals surface area contributed by atoms with Gasteiger partial charge in [-0.2, -0.15) is 0 Å². The van der Waals surface area contributed by atoms with E-state index in [1.54, 1.807) is 24.3 Å². The number of aryl methyl sites for hydroxylation is 1. The van der Waals surface area contributed by atoms with E-state index in [2.05, 4.69) is 17.0 Å². The van der Waals surface area contributed by atoms with Gasteiger partial charge in [0.05, 0.1) is 29.2 Å². The fourth-order valence-electron chi connectivity index (χ4n) is 3.47. The van der Waals surface area contributed by atoms with E-state index < -0.39 is 0 Å². The van der Waals surface area contributed by atoms with Crippen molar-refractivity contribution in [3.63, 3.8) is 0 Å². The molecule has 0 radical (unpaired) electrons. The van der Waals surface area contributed by atoms with Gasteiger partial charge < -0.3 is 4.74 Å². The van der Waals surface area contributed by atoms with E-state index in [0.29, 0.717) is 29.1 Å². The Kier molecular flexibility index (Phi) is 5.12. The Morgan fingerprint density at radius 2 is 1.86 bits per heavy atom. The first-order chi connectivity index (χ1) is 14.1. The number of hydrogen-bond donors (Lipinski definition) is 0. The normalized spacial score (nSPS) is 11.2. The van der Waals surface area contributed by atoms with Crippen molar-refractivity contribution in [1.29, 1.82) is 0 Å². The third-order valence-electron chi connectivity index (χ3n) is 4.83. The number of carbonyl (C=O) groups excluding carboxylic acids is 1. The van der Waals surface area contributed by atoms with Gasteiger partial charge in [-0.15, -0.1) is 0 Å². The Hall–Kier alpha value is -3.48. The molecule has 2 aromatic carbocycles. The van der Waals surface area contributed by atoms with E-state index in [1.807, 2.05) is 31.2 Å². The smallest absolute Gasteiger partial charge is 0.423 e. The largest absolute Gasteiger partial charge is 0.494 e. The van der Waals surface area contributed by atoms with Crippen LogP contribution < -0.4 is 15.4 Å². The molecule has 0 unspecified atom stereocenters. The standard InChI is InChI=1S/C22H22N4O3/c1-3-7-20-23-21-17-8-5-6-9-18(17)25(22(28)26(21)24-20)14-19(27)15-10-12-16(13-11-15)29-4-2/h5-6,8-13H,3-4,7,14H2,1-2H3/p+1. The van der Waals surface area contributed by atoms with Gasteiger partial charge in [-0.3, -0.25) is 9.36 Å². The number of ketones is 1. The van der Waals surface area contributed by atoms with Gasteiger partial charge in [0.1, 0.15) is 5.75 Å². The quantitative estimate of drug-likeness (QED) is 0.454. The molecule has 0 bridgehead atoms. The summed E-state index contributed by atoms with van der Waals surface area (Å²) in [6.45, 7) is 4.47. The fourth-order valence-corrected chi connectivity index (χ4v) is 3.47. The molecule has 148 valence electrons. The summed E-state index contributed by atoms with van der Waals surface area (Å²) in [5.74, 6) is 1.32. The number of hydrogen-bond acceptors (Lipinski definition) is 4. The summed E-state index contributed by atoms with van der Waals surface area (Å²) in [6, 6.07) is 14.5. The molecule has 7 nitrogen and oxygen atoms in total. The Morgan fingerprint density at radius 3 is 2.59 bits per heavy atom. The molecule has 0 aliphatic carbocycles. The Labute approximate surface area is 167 Å². The van der Waals surface area contributed by atoms with Gasteiger partial charge in [0.15, 0.2) is 5.78 Å². The molecule has 7 heteroatoms. The van der Waals surface area contributed by atoms with Crippen LogP contribution in [0.15, 0.2) is 53.3 Å². The molecule has 4 aromatic rings.